The van der Waals surface area contributed by atoms with E-state index in [-0.39, 0.29) is 48.2 Å². The van der Waals surface area contributed by atoms with Gasteiger partial charge in [0.15, 0.2) is 6.10 Å². The van der Waals surface area contributed by atoms with Gasteiger partial charge in [-0.05, 0) is 56.7 Å². The zero-order chi connectivity index (χ0) is 37.8. The summed E-state index contributed by atoms with van der Waals surface area (Å²) in [5.74, 6) is -3.11. The number of ether oxygens (including phenoxy) is 1. The van der Waals surface area contributed by atoms with Crippen LogP contribution in [0, 0.1) is 17.8 Å². The van der Waals surface area contributed by atoms with Crippen molar-refractivity contribution in [3.63, 3.8) is 0 Å². The molecule has 282 valence electrons. The van der Waals surface area contributed by atoms with Crippen LogP contribution in [-0.4, -0.2) is 94.4 Å². The molecule has 1 fully saturated rings. The van der Waals surface area contributed by atoms with Gasteiger partial charge in [0.2, 0.25) is 11.8 Å². The number of aromatic nitrogens is 1. The van der Waals surface area contributed by atoms with Crippen LogP contribution in [0.15, 0.2) is 35.7 Å². The summed E-state index contributed by atoms with van der Waals surface area (Å²) in [6, 6.07) is 7.68. The van der Waals surface area contributed by atoms with Gasteiger partial charge >= 0.3 is 11.9 Å². The molecule has 0 spiro atoms. The number of hydrogen-bond acceptors (Lipinski definition) is 9. The van der Waals surface area contributed by atoms with Crippen molar-refractivity contribution in [1.29, 1.82) is 0 Å². The third-order valence-corrected chi connectivity index (χ3v) is 10.9. The van der Waals surface area contributed by atoms with Crippen molar-refractivity contribution in [2.75, 3.05) is 20.6 Å². The van der Waals surface area contributed by atoms with E-state index in [2.05, 4.69) is 15.6 Å². The Balaban J connectivity index is 1.81. The molecule has 12 nitrogen and oxygen atoms in total. The minimum absolute atomic E-state index is 0.0486. The summed E-state index contributed by atoms with van der Waals surface area (Å²) in [5.41, 5.74) is 1.09. The maximum Gasteiger partial charge on any atom is 0.306 e. The minimum Gasteiger partial charge on any atom is -0.481 e. The van der Waals surface area contributed by atoms with E-state index >= 15 is 0 Å². The normalized spacial score (nSPS) is 18.5. The number of likely N-dealkylation sites (N-methyl/N-ethyl adjacent to an activating group) is 2. The number of thiazole rings is 1. The zero-order valence-electron chi connectivity index (χ0n) is 31.4. The van der Waals surface area contributed by atoms with E-state index in [1.165, 1.54) is 18.3 Å². The average molecular weight is 728 g/mol. The van der Waals surface area contributed by atoms with Crippen LogP contribution in [0.4, 0.5) is 0 Å². The lowest BCUT2D eigenvalue weighted by Gasteiger charge is -2.38. The number of carboxylic acid groups (broad SMARTS) is 1. The fourth-order valence-corrected chi connectivity index (χ4v) is 7.48. The number of carboxylic acids is 1. The molecule has 1 aliphatic rings. The van der Waals surface area contributed by atoms with E-state index in [1.807, 2.05) is 70.0 Å². The molecule has 2 heterocycles. The summed E-state index contributed by atoms with van der Waals surface area (Å²) >= 11 is 1.18. The van der Waals surface area contributed by atoms with E-state index in [0.29, 0.717) is 17.8 Å². The molecule has 3 N–H and O–H groups in total. The van der Waals surface area contributed by atoms with E-state index < -0.39 is 48.0 Å². The predicted molar refractivity (Wildman–Crippen MR) is 197 cm³/mol. The van der Waals surface area contributed by atoms with Crippen molar-refractivity contribution >= 4 is 41.0 Å². The van der Waals surface area contributed by atoms with Crippen molar-refractivity contribution in [2.24, 2.45) is 17.8 Å². The Morgan fingerprint density at radius 1 is 1.06 bits per heavy atom. The summed E-state index contributed by atoms with van der Waals surface area (Å²) in [7, 11) is 3.66. The van der Waals surface area contributed by atoms with Crippen LogP contribution < -0.4 is 10.6 Å². The third-order valence-electron chi connectivity index (χ3n) is 9.98. The molecule has 1 aromatic heterocycles. The Morgan fingerprint density at radius 3 is 2.33 bits per heavy atom. The lowest BCUT2D eigenvalue weighted by atomic mass is 9.92. The molecule has 3 amide bonds. The fraction of sp³-hybridized carbons (Fsp3) is 0.632. The Kier molecular flexibility index (Phi) is 16.0. The van der Waals surface area contributed by atoms with Crippen LogP contribution in [-0.2, 0) is 30.3 Å². The van der Waals surface area contributed by atoms with Gasteiger partial charge in [0, 0.05) is 37.9 Å². The highest BCUT2D eigenvalue weighted by atomic mass is 32.1. The van der Waals surface area contributed by atoms with Crippen molar-refractivity contribution in [1.82, 2.24) is 25.4 Å². The molecule has 0 saturated carbocycles. The van der Waals surface area contributed by atoms with Gasteiger partial charge in [-0.2, -0.15) is 0 Å². The highest BCUT2D eigenvalue weighted by Gasteiger charge is 2.37. The molecule has 51 heavy (non-hydrogen) atoms. The molecule has 1 aliphatic heterocycles. The van der Waals surface area contributed by atoms with Crippen molar-refractivity contribution in [2.45, 2.75) is 117 Å². The molecule has 2 aromatic rings. The SMILES string of the molecule is CCC(C)[C@H](NC(=O)C1CCCCN1C)C(=O)N(C)[C@H](C[C@@H](OC(C)=O)c1nc(C(=O)N[C@@H](Cc2ccccc2)C[C@H](C)C(=O)O)cs1)C(C)C. The maximum atomic E-state index is 14.2. The maximum absolute atomic E-state index is 14.2. The van der Waals surface area contributed by atoms with E-state index in [4.69, 9.17) is 4.74 Å². The highest BCUT2D eigenvalue weighted by molar-refractivity contribution is 7.09. The van der Waals surface area contributed by atoms with Crippen LogP contribution in [0.1, 0.15) is 107 Å². The summed E-state index contributed by atoms with van der Waals surface area (Å²) in [6.07, 6.45) is 3.53. The summed E-state index contributed by atoms with van der Waals surface area (Å²) in [5, 5.41) is 17.6. The number of esters is 1. The number of nitrogens with one attached hydrogen (secondary N) is 2. The second kappa shape index (κ2) is 19.7. The van der Waals surface area contributed by atoms with Gasteiger partial charge < -0.3 is 25.4 Å². The summed E-state index contributed by atoms with van der Waals surface area (Å²) in [6.45, 7) is 11.7. The highest BCUT2D eigenvalue weighted by Crippen LogP contribution is 2.31. The molecule has 2 unspecified atom stereocenters. The number of carbonyl (C=O) groups excluding carboxylic acids is 4. The van der Waals surface area contributed by atoms with Crippen molar-refractivity contribution in [3.05, 3.63) is 52.0 Å². The van der Waals surface area contributed by atoms with Crippen molar-refractivity contribution in [3.8, 4) is 0 Å². The Bertz CT molecular complexity index is 1470. The number of likely N-dealkylation sites (tertiary alicyclic amines) is 1. The quantitative estimate of drug-likeness (QED) is 0.178. The fourth-order valence-electron chi connectivity index (χ4n) is 6.64. The smallest absolute Gasteiger partial charge is 0.306 e. The van der Waals surface area contributed by atoms with Gasteiger partial charge in [0.1, 0.15) is 16.7 Å². The van der Waals surface area contributed by atoms with Crippen LogP contribution in [0.5, 0.6) is 0 Å². The van der Waals surface area contributed by atoms with E-state index in [1.54, 1.807) is 24.3 Å². The van der Waals surface area contributed by atoms with Gasteiger partial charge in [0.05, 0.1) is 12.0 Å². The number of carbonyl (C=O) groups is 5. The molecule has 3 rings (SSSR count). The molecular weight excluding hydrogens is 671 g/mol. The first-order valence-electron chi connectivity index (χ1n) is 18.1. The van der Waals surface area contributed by atoms with Gasteiger partial charge in [-0.25, -0.2) is 4.98 Å². The van der Waals surface area contributed by atoms with Gasteiger partial charge in [-0.3, -0.25) is 28.9 Å². The average Bonchev–Trinajstić information content (AvgIpc) is 3.59. The monoisotopic (exact) mass is 727 g/mol. The van der Waals surface area contributed by atoms with Crippen LogP contribution in [0.25, 0.3) is 0 Å². The molecule has 7 atom stereocenters. The standard InChI is InChI=1S/C38H57N5O7S/c1-9-24(4)33(41-35(46)30-17-13-14-18-42(30)7)37(47)43(8)31(23(2)3)21-32(50-26(6)44)36-40-29(22-51-36)34(45)39-28(19-25(5)38(48)49)20-27-15-11-10-12-16-27/h10-12,15-16,22-25,28,30-33H,9,13-14,17-21H2,1-8H3,(H,39,45)(H,41,46)(H,48,49)/t24?,25-,28+,30?,31+,32+,33-/m0/s1. The van der Waals surface area contributed by atoms with Gasteiger partial charge in [-0.15, -0.1) is 11.3 Å². The number of amides is 3. The number of nitrogens with zero attached hydrogens (tertiary/aromatic N) is 3. The van der Waals surface area contributed by atoms with Crippen LogP contribution in [0.2, 0.25) is 0 Å². The lowest BCUT2D eigenvalue weighted by molar-refractivity contribution is -0.149. The van der Waals surface area contributed by atoms with Crippen LogP contribution in [0.3, 0.4) is 0 Å². The van der Waals surface area contributed by atoms with Crippen molar-refractivity contribution < 1.29 is 33.8 Å². The molecular formula is C38H57N5O7S. The van der Waals surface area contributed by atoms with E-state index in [9.17, 15) is 29.1 Å². The number of piperidine rings is 1. The topological polar surface area (TPSA) is 158 Å². The predicted octanol–water partition coefficient (Wildman–Crippen LogP) is 5.09. The third kappa shape index (κ3) is 12.1. The Morgan fingerprint density at radius 2 is 1.75 bits per heavy atom. The van der Waals surface area contributed by atoms with Gasteiger partial charge in [0.25, 0.3) is 5.91 Å². The van der Waals surface area contributed by atoms with E-state index in [0.717, 1.165) is 31.4 Å². The number of benzene rings is 1. The molecule has 1 aromatic carbocycles. The molecule has 0 radical (unpaired) electrons. The molecule has 0 aliphatic carbocycles. The molecule has 13 heteroatoms. The second-order valence-electron chi connectivity index (χ2n) is 14.4. The van der Waals surface area contributed by atoms with Gasteiger partial charge in [-0.1, -0.05) is 77.8 Å². The Hall–Kier alpha value is -3.84. The second-order valence-corrected chi connectivity index (χ2v) is 15.3. The molecule has 0 bridgehead atoms. The first-order chi connectivity index (χ1) is 24.1. The molecule has 1 saturated heterocycles. The first kappa shape index (κ1) is 41.6. The summed E-state index contributed by atoms with van der Waals surface area (Å²) < 4.78 is 5.76. The minimum atomic E-state index is -0.944. The Labute approximate surface area is 306 Å². The number of aliphatic carboxylic acids is 1. The summed E-state index contributed by atoms with van der Waals surface area (Å²) in [4.78, 5) is 73.3. The largest absolute Gasteiger partial charge is 0.481 e. The van der Waals surface area contributed by atoms with Crippen LogP contribution >= 0.6 is 11.3 Å². The first-order valence-corrected chi connectivity index (χ1v) is 19.0. The number of rotatable bonds is 18. The number of hydrogen-bond donors (Lipinski definition) is 3. The zero-order valence-corrected chi connectivity index (χ0v) is 32.2. The lowest BCUT2D eigenvalue weighted by Crippen LogP contribution is -2.58.